The van der Waals surface area contributed by atoms with Crippen LogP contribution in [0.2, 0.25) is 0 Å². The zero-order valence-corrected chi connectivity index (χ0v) is 9.86. The number of nitrogens with two attached hydrogens (primary N) is 1. The molecule has 1 rings (SSSR count). The van der Waals surface area contributed by atoms with Crippen molar-refractivity contribution in [2.75, 3.05) is 10.7 Å². The first-order chi connectivity index (χ1) is 7.52. The summed E-state index contributed by atoms with van der Waals surface area (Å²) in [5.74, 6) is 6.34. The van der Waals surface area contributed by atoms with Gasteiger partial charge in [0.2, 0.25) is 5.95 Å². The number of rotatable bonds is 5. The highest BCUT2D eigenvalue weighted by atomic mass is 16.3. The van der Waals surface area contributed by atoms with Crippen LogP contribution in [0.3, 0.4) is 0 Å². The van der Waals surface area contributed by atoms with Gasteiger partial charge >= 0.3 is 0 Å². The molecule has 2 unspecified atom stereocenters. The molecule has 0 aliphatic carbocycles. The summed E-state index contributed by atoms with van der Waals surface area (Å²) in [4.78, 5) is 8.19. The minimum atomic E-state index is -0.336. The Kier molecular flexibility index (Phi) is 4.45. The lowest BCUT2D eigenvalue weighted by Gasteiger charge is -2.17. The third-order valence-corrected chi connectivity index (χ3v) is 2.18. The lowest BCUT2D eigenvalue weighted by Crippen LogP contribution is -2.22. The number of hydrogen-bond acceptors (Lipinski definition) is 6. The number of anilines is 2. The fourth-order valence-corrected chi connectivity index (χ4v) is 1.46. The molecule has 1 aromatic rings. The SMILES string of the molecule is Cc1cnc(NN)nc1NC(C)CC(C)O. The van der Waals surface area contributed by atoms with E-state index in [4.69, 9.17) is 5.84 Å². The Bertz CT molecular complexity index is 342. The molecular formula is C10H19N5O. The van der Waals surface area contributed by atoms with Gasteiger partial charge in [-0.25, -0.2) is 10.8 Å². The molecule has 0 saturated heterocycles. The van der Waals surface area contributed by atoms with Crippen LogP contribution in [0.25, 0.3) is 0 Å². The number of aliphatic hydroxyl groups is 1. The second-order valence-corrected chi connectivity index (χ2v) is 4.00. The van der Waals surface area contributed by atoms with Crippen LogP contribution in [0.5, 0.6) is 0 Å². The summed E-state index contributed by atoms with van der Waals surface area (Å²) in [6, 6.07) is 0.138. The van der Waals surface area contributed by atoms with Crippen molar-refractivity contribution in [3.8, 4) is 0 Å². The standard InChI is InChI=1S/C10H19N5O/c1-6-5-12-10(15-11)14-9(6)13-7(2)4-8(3)16/h5,7-8,16H,4,11H2,1-3H3,(H2,12,13,14,15). The van der Waals surface area contributed by atoms with E-state index in [9.17, 15) is 5.11 Å². The van der Waals surface area contributed by atoms with Gasteiger partial charge in [-0.3, -0.25) is 5.43 Å². The van der Waals surface area contributed by atoms with Crippen molar-refractivity contribution < 1.29 is 5.11 Å². The highest BCUT2D eigenvalue weighted by molar-refractivity contribution is 5.46. The van der Waals surface area contributed by atoms with Crippen LogP contribution in [0.1, 0.15) is 25.8 Å². The van der Waals surface area contributed by atoms with E-state index < -0.39 is 0 Å². The lowest BCUT2D eigenvalue weighted by atomic mass is 10.1. The van der Waals surface area contributed by atoms with E-state index in [-0.39, 0.29) is 12.1 Å². The number of aliphatic hydroxyl groups excluding tert-OH is 1. The Balaban J connectivity index is 2.71. The van der Waals surface area contributed by atoms with Gasteiger partial charge in [-0.05, 0) is 27.2 Å². The van der Waals surface area contributed by atoms with E-state index >= 15 is 0 Å². The van der Waals surface area contributed by atoms with Crippen LogP contribution < -0.4 is 16.6 Å². The number of nitrogen functional groups attached to an aromatic ring is 1. The van der Waals surface area contributed by atoms with E-state index in [0.717, 1.165) is 11.4 Å². The maximum atomic E-state index is 9.27. The number of aryl methyl sites for hydroxylation is 1. The average Bonchev–Trinajstić information content (AvgIpc) is 2.20. The van der Waals surface area contributed by atoms with E-state index in [1.807, 2.05) is 13.8 Å². The Hall–Kier alpha value is -1.40. The minimum absolute atomic E-state index is 0.138. The van der Waals surface area contributed by atoms with Crippen molar-refractivity contribution in [2.24, 2.45) is 5.84 Å². The molecular weight excluding hydrogens is 206 g/mol. The molecule has 0 amide bonds. The molecule has 1 aromatic heterocycles. The molecule has 0 bridgehead atoms. The molecule has 6 heteroatoms. The van der Waals surface area contributed by atoms with Crippen LogP contribution in [-0.2, 0) is 0 Å². The van der Waals surface area contributed by atoms with Crippen molar-refractivity contribution in [1.29, 1.82) is 0 Å². The van der Waals surface area contributed by atoms with Crippen LogP contribution in [0.15, 0.2) is 6.20 Å². The average molecular weight is 225 g/mol. The van der Waals surface area contributed by atoms with Crippen molar-refractivity contribution in [1.82, 2.24) is 9.97 Å². The fourth-order valence-electron chi connectivity index (χ4n) is 1.46. The molecule has 5 N–H and O–H groups in total. The first kappa shape index (κ1) is 12.7. The van der Waals surface area contributed by atoms with Gasteiger partial charge in [0, 0.05) is 17.8 Å². The third-order valence-electron chi connectivity index (χ3n) is 2.18. The Morgan fingerprint density at radius 2 is 2.19 bits per heavy atom. The summed E-state index contributed by atoms with van der Waals surface area (Å²) in [5, 5.41) is 12.5. The van der Waals surface area contributed by atoms with Gasteiger partial charge in [0.25, 0.3) is 0 Å². The van der Waals surface area contributed by atoms with E-state index in [1.54, 1.807) is 13.1 Å². The van der Waals surface area contributed by atoms with Gasteiger partial charge in [-0.2, -0.15) is 4.98 Å². The lowest BCUT2D eigenvalue weighted by molar-refractivity contribution is 0.179. The fraction of sp³-hybridized carbons (Fsp3) is 0.600. The van der Waals surface area contributed by atoms with E-state index in [2.05, 4.69) is 20.7 Å². The van der Waals surface area contributed by atoms with Gasteiger partial charge in [0.15, 0.2) is 0 Å². The van der Waals surface area contributed by atoms with Gasteiger partial charge in [0.1, 0.15) is 5.82 Å². The highest BCUT2D eigenvalue weighted by Gasteiger charge is 2.09. The maximum Gasteiger partial charge on any atom is 0.239 e. The second kappa shape index (κ2) is 5.62. The van der Waals surface area contributed by atoms with Crippen LogP contribution in [-0.4, -0.2) is 27.2 Å². The maximum absolute atomic E-state index is 9.27. The smallest absolute Gasteiger partial charge is 0.239 e. The zero-order chi connectivity index (χ0) is 12.1. The summed E-state index contributed by atoms with van der Waals surface area (Å²) < 4.78 is 0. The first-order valence-electron chi connectivity index (χ1n) is 5.27. The summed E-state index contributed by atoms with van der Waals surface area (Å²) in [6.45, 7) is 5.67. The molecule has 0 aliphatic heterocycles. The minimum Gasteiger partial charge on any atom is -0.393 e. The Labute approximate surface area is 95.3 Å². The summed E-state index contributed by atoms with van der Waals surface area (Å²) in [5.41, 5.74) is 3.34. The zero-order valence-electron chi connectivity index (χ0n) is 9.86. The largest absolute Gasteiger partial charge is 0.393 e. The predicted molar refractivity (Wildman–Crippen MR) is 64.0 cm³/mol. The van der Waals surface area contributed by atoms with Crippen LogP contribution >= 0.6 is 0 Å². The van der Waals surface area contributed by atoms with E-state index in [1.165, 1.54) is 0 Å². The normalized spacial score (nSPS) is 14.3. The summed E-state index contributed by atoms with van der Waals surface area (Å²) >= 11 is 0. The van der Waals surface area contributed by atoms with Gasteiger partial charge in [-0.1, -0.05) is 0 Å². The van der Waals surface area contributed by atoms with Gasteiger partial charge < -0.3 is 10.4 Å². The topological polar surface area (TPSA) is 96.1 Å². The molecule has 0 spiro atoms. The van der Waals surface area contributed by atoms with Crippen molar-refractivity contribution in [3.63, 3.8) is 0 Å². The molecule has 0 fully saturated rings. The molecule has 16 heavy (non-hydrogen) atoms. The highest BCUT2D eigenvalue weighted by Crippen LogP contribution is 2.14. The second-order valence-electron chi connectivity index (χ2n) is 4.00. The molecule has 6 nitrogen and oxygen atoms in total. The molecule has 0 saturated carbocycles. The van der Waals surface area contributed by atoms with Gasteiger partial charge in [0.05, 0.1) is 6.10 Å². The quantitative estimate of drug-likeness (QED) is 0.434. The number of nitrogens with zero attached hydrogens (tertiary/aromatic N) is 2. The van der Waals surface area contributed by atoms with Crippen LogP contribution in [0, 0.1) is 6.92 Å². The summed E-state index contributed by atoms with van der Waals surface area (Å²) in [7, 11) is 0. The van der Waals surface area contributed by atoms with Crippen molar-refractivity contribution in [2.45, 2.75) is 39.3 Å². The van der Waals surface area contributed by atoms with E-state index in [0.29, 0.717) is 12.4 Å². The number of hydrogen-bond donors (Lipinski definition) is 4. The first-order valence-corrected chi connectivity index (χ1v) is 5.27. The monoisotopic (exact) mass is 225 g/mol. The summed E-state index contributed by atoms with van der Waals surface area (Å²) in [6.07, 6.45) is 2.02. The Morgan fingerprint density at radius 3 is 2.75 bits per heavy atom. The Morgan fingerprint density at radius 1 is 1.50 bits per heavy atom. The molecule has 0 aliphatic rings. The molecule has 0 radical (unpaired) electrons. The van der Waals surface area contributed by atoms with Crippen molar-refractivity contribution in [3.05, 3.63) is 11.8 Å². The van der Waals surface area contributed by atoms with Gasteiger partial charge in [-0.15, -0.1) is 0 Å². The number of aromatic nitrogens is 2. The molecule has 90 valence electrons. The van der Waals surface area contributed by atoms with Crippen molar-refractivity contribution >= 4 is 11.8 Å². The van der Waals surface area contributed by atoms with Crippen LogP contribution in [0.4, 0.5) is 11.8 Å². The molecule has 0 aromatic carbocycles. The third kappa shape index (κ3) is 3.63. The predicted octanol–water partition coefficient (Wildman–Crippen LogP) is 0.642. The number of nitrogens with one attached hydrogen (secondary N) is 2. The molecule has 2 atom stereocenters. The molecule has 1 heterocycles. The number of hydrazine groups is 1.